The third-order valence-corrected chi connectivity index (χ3v) is 1.89. The molecule has 1 aliphatic carbocycles. The highest BCUT2D eigenvalue weighted by molar-refractivity contribution is 6.26. The summed E-state index contributed by atoms with van der Waals surface area (Å²) >= 11 is 0. The number of hydrogen-bond donors (Lipinski definition) is 1. The van der Waals surface area contributed by atoms with Gasteiger partial charge in [-0.1, -0.05) is 12.2 Å². The van der Waals surface area contributed by atoms with Crippen molar-refractivity contribution >= 4 is 17.6 Å². The normalized spacial score (nSPS) is 26.8. The fraction of sp³-hybridized carbons (Fsp3) is 0.125. The third-order valence-electron chi connectivity index (χ3n) is 1.89. The van der Waals surface area contributed by atoms with Crippen molar-refractivity contribution in [3.05, 3.63) is 23.8 Å². The molecular weight excluding hydrogens is 158 g/mol. The Bertz CT molecular complexity index is 349. The summed E-state index contributed by atoms with van der Waals surface area (Å²) < 4.78 is 0. The number of nitrogens with one attached hydrogen (secondary N) is 1. The molecule has 0 aromatic carbocycles. The molecule has 1 N–H and O–H groups in total. The van der Waals surface area contributed by atoms with Crippen LogP contribution in [-0.2, 0) is 14.4 Å². The second-order valence-corrected chi connectivity index (χ2v) is 2.63. The van der Waals surface area contributed by atoms with Crippen LogP contribution in [0.4, 0.5) is 0 Å². The Morgan fingerprint density at radius 2 is 2.00 bits per heavy atom. The molecule has 4 nitrogen and oxygen atoms in total. The maximum atomic E-state index is 11.1. The number of imide groups is 1. The summed E-state index contributed by atoms with van der Waals surface area (Å²) in [7, 11) is 0. The van der Waals surface area contributed by atoms with Gasteiger partial charge in [0.05, 0.1) is 0 Å². The Balaban J connectivity index is 2.51. The molecule has 1 heterocycles. The molecule has 0 aromatic heterocycles. The molecule has 60 valence electrons. The molecule has 2 aliphatic rings. The third kappa shape index (κ3) is 0.747. The van der Waals surface area contributed by atoms with Crippen molar-refractivity contribution < 1.29 is 14.4 Å². The highest BCUT2D eigenvalue weighted by atomic mass is 16.2. The first-order valence-electron chi connectivity index (χ1n) is 3.47. The van der Waals surface area contributed by atoms with Gasteiger partial charge in [0.15, 0.2) is 5.78 Å². The molecular formula is C8H5NO3. The van der Waals surface area contributed by atoms with Crippen LogP contribution >= 0.6 is 0 Å². The fourth-order valence-electron chi connectivity index (χ4n) is 1.33. The first-order chi connectivity index (χ1) is 5.70. The van der Waals surface area contributed by atoms with Crippen molar-refractivity contribution in [2.75, 3.05) is 0 Å². The van der Waals surface area contributed by atoms with Gasteiger partial charge in [-0.2, -0.15) is 0 Å². The maximum absolute atomic E-state index is 11.1. The number of fused-ring (bicyclic) bond motifs is 1. The van der Waals surface area contributed by atoms with Gasteiger partial charge in [-0.15, -0.1) is 0 Å². The monoisotopic (exact) mass is 163 g/mol. The summed E-state index contributed by atoms with van der Waals surface area (Å²) in [5.41, 5.74) is 0.257. The van der Waals surface area contributed by atoms with Crippen LogP contribution in [0.5, 0.6) is 0 Å². The van der Waals surface area contributed by atoms with E-state index in [-0.39, 0.29) is 11.4 Å². The number of amides is 2. The summed E-state index contributed by atoms with van der Waals surface area (Å²) in [5.74, 6) is -2.18. The molecule has 0 bridgehead atoms. The molecule has 12 heavy (non-hydrogen) atoms. The second-order valence-electron chi connectivity index (χ2n) is 2.63. The van der Waals surface area contributed by atoms with Gasteiger partial charge in [0.2, 0.25) is 5.91 Å². The van der Waals surface area contributed by atoms with Crippen molar-refractivity contribution in [1.29, 1.82) is 0 Å². The summed E-state index contributed by atoms with van der Waals surface area (Å²) in [5, 5.41) is 2.08. The largest absolute Gasteiger partial charge is 0.294 e. The van der Waals surface area contributed by atoms with E-state index in [0.717, 1.165) is 0 Å². The minimum atomic E-state index is -0.887. The van der Waals surface area contributed by atoms with Crippen LogP contribution in [-0.4, -0.2) is 17.6 Å². The average molecular weight is 163 g/mol. The van der Waals surface area contributed by atoms with Crippen LogP contribution in [0.2, 0.25) is 0 Å². The number of rotatable bonds is 0. The lowest BCUT2D eigenvalue weighted by atomic mass is 9.93. The summed E-state index contributed by atoms with van der Waals surface area (Å²) in [6.45, 7) is 0. The predicted molar refractivity (Wildman–Crippen MR) is 38.9 cm³/mol. The van der Waals surface area contributed by atoms with Crippen molar-refractivity contribution in [3.8, 4) is 0 Å². The second kappa shape index (κ2) is 2.14. The minimum absolute atomic E-state index is 0.257. The Morgan fingerprint density at radius 3 is 2.67 bits per heavy atom. The lowest BCUT2D eigenvalue weighted by Gasteiger charge is -2.05. The zero-order valence-electron chi connectivity index (χ0n) is 6.03. The van der Waals surface area contributed by atoms with Crippen molar-refractivity contribution in [2.24, 2.45) is 5.92 Å². The van der Waals surface area contributed by atoms with Gasteiger partial charge in [0.1, 0.15) is 5.92 Å². The lowest BCUT2D eigenvalue weighted by molar-refractivity contribution is -0.129. The quantitative estimate of drug-likeness (QED) is 0.380. The van der Waals surface area contributed by atoms with E-state index >= 15 is 0 Å². The number of carbonyl (C=O) groups excluding carboxylic acids is 3. The first kappa shape index (κ1) is 6.97. The zero-order chi connectivity index (χ0) is 8.72. The van der Waals surface area contributed by atoms with E-state index < -0.39 is 17.7 Å². The van der Waals surface area contributed by atoms with Crippen LogP contribution < -0.4 is 5.32 Å². The van der Waals surface area contributed by atoms with Crippen LogP contribution in [0.3, 0.4) is 0 Å². The van der Waals surface area contributed by atoms with Gasteiger partial charge >= 0.3 is 0 Å². The lowest BCUT2D eigenvalue weighted by Crippen LogP contribution is -2.25. The van der Waals surface area contributed by atoms with E-state index in [9.17, 15) is 14.4 Å². The Hall–Kier alpha value is -1.71. The number of allylic oxidation sites excluding steroid dienone is 3. The molecule has 1 unspecified atom stereocenters. The van der Waals surface area contributed by atoms with E-state index in [2.05, 4.69) is 5.32 Å². The molecule has 2 rings (SSSR count). The molecule has 0 aromatic rings. The first-order valence-corrected chi connectivity index (χ1v) is 3.47. The average Bonchev–Trinajstić information content (AvgIpc) is 2.29. The van der Waals surface area contributed by atoms with E-state index in [4.69, 9.17) is 0 Å². The Morgan fingerprint density at radius 1 is 1.25 bits per heavy atom. The minimum Gasteiger partial charge on any atom is -0.294 e. The number of carbonyl (C=O) groups is 3. The highest BCUT2D eigenvalue weighted by Gasteiger charge is 2.40. The smallest absolute Gasteiger partial charge is 0.255 e. The van der Waals surface area contributed by atoms with Crippen molar-refractivity contribution in [3.63, 3.8) is 0 Å². The number of ketones is 1. The van der Waals surface area contributed by atoms with Gasteiger partial charge in [-0.3, -0.25) is 19.7 Å². The van der Waals surface area contributed by atoms with Gasteiger partial charge < -0.3 is 0 Å². The molecule has 4 heteroatoms. The van der Waals surface area contributed by atoms with Crippen LogP contribution in [0.25, 0.3) is 0 Å². The van der Waals surface area contributed by atoms with Crippen LogP contribution in [0.1, 0.15) is 0 Å². The predicted octanol–water partition coefficient (Wildman–Crippen LogP) is -0.676. The Kier molecular flexibility index (Phi) is 1.24. The summed E-state index contributed by atoms with van der Waals surface area (Å²) in [4.78, 5) is 33.1. The molecule has 1 fully saturated rings. The van der Waals surface area contributed by atoms with Crippen molar-refractivity contribution in [2.45, 2.75) is 0 Å². The topological polar surface area (TPSA) is 63.2 Å². The summed E-state index contributed by atoms with van der Waals surface area (Å²) in [6.07, 6.45) is 4.27. The summed E-state index contributed by atoms with van der Waals surface area (Å²) in [6, 6.07) is 0. The van der Waals surface area contributed by atoms with E-state index in [0.29, 0.717) is 0 Å². The van der Waals surface area contributed by atoms with Gasteiger partial charge in [0.25, 0.3) is 5.91 Å². The molecule has 1 atom stereocenters. The van der Waals surface area contributed by atoms with E-state index in [1.807, 2.05) is 0 Å². The number of hydrogen-bond acceptors (Lipinski definition) is 3. The molecule has 0 saturated carbocycles. The fourth-order valence-corrected chi connectivity index (χ4v) is 1.33. The molecule has 1 aliphatic heterocycles. The molecule has 2 amide bonds. The van der Waals surface area contributed by atoms with E-state index in [1.165, 1.54) is 18.2 Å². The van der Waals surface area contributed by atoms with Gasteiger partial charge in [0, 0.05) is 5.57 Å². The molecule has 0 spiro atoms. The van der Waals surface area contributed by atoms with Crippen LogP contribution in [0.15, 0.2) is 23.8 Å². The standard InChI is InChI=1S/C8H5NO3/c10-5-3-1-2-4-6(5)8(12)9-7(4)11/h1-3,6H,(H,9,11,12). The van der Waals surface area contributed by atoms with Gasteiger partial charge in [-0.05, 0) is 6.08 Å². The van der Waals surface area contributed by atoms with Gasteiger partial charge in [-0.25, -0.2) is 0 Å². The molecule has 1 saturated heterocycles. The van der Waals surface area contributed by atoms with Crippen molar-refractivity contribution in [1.82, 2.24) is 5.32 Å². The zero-order valence-corrected chi connectivity index (χ0v) is 6.03. The SMILES string of the molecule is O=C1NC(=O)C2C(=O)C=CC=C12. The Labute approximate surface area is 67.9 Å². The molecule has 0 radical (unpaired) electrons. The maximum Gasteiger partial charge on any atom is 0.255 e. The van der Waals surface area contributed by atoms with Crippen LogP contribution in [0, 0.1) is 5.92 Å². The van der Waals surface area contributed by atoms with E-state index in [1.54, 1.807) is 0 Å². The highest BCUT2D eigenvalue weighted by Crippen LogP contribution is 2.22.